The number of benzene rings is 2. The Labute approximate surface area is 123 Å². The van der Waals surface area contributed by atoms with Crippen LogP contribution >= 0.6 is 0 Å². The molecule has 4 rings (SSSR count). The number of aromatic nitrogens is 2. The number of H-pyrrole nitrogens is 1. The van der Waals surface area contributed by atoms with Crippen LogP contribution in [0.2, 0.25) is 0 Å². The van der Waals surface area contributed by atoms with E-state index in [0.29, 0.717) is 0 Å². The average Bonchev–Trinajstić information content (AvgIpc) is 2.92. The quantitative estimate of drug-likeness (QED) is 0.517. The summed E-state index contributed by atoms with van der Waals surface area (Å²) in [7, 11) is 0. The maximum atomic E-state index is 4.31. The van der Waals surface area contributed by atoms with E-state index < -0.39 is 0 Å². The van der Waals surface area contributed by atoms with Gasteiger partial charge in [-0.25, -0.2) is 0 Å². The van der Waals surface area contributed by atoms with Gasteiger partial charge in [0.05, 0.1) is 5.52 Å². The third-order valence-electron chi connectivity index (χ3n) is 4.68. The van der Waals surface area contributed by atoms with Crippen molar-refractivity contribution in [3.05, 3.63) is 53.3 Å². The molecule has 0 spiro atoms. The van der Waals surface area contributed by atoms with Crippen LogP contribution in [0, 0.1) is 13.8 Å². The van der Waals surface area contributed by atoms with Gasteiger partial charge in [-0.15, -0.1) is 0 Å². The van der Waals surface area contributed by atoms with Crippen molar-refractivity contribution in [3.8, 4) is 0 Å². The maximum absolute atomic E-state index is 4.31. The number of rotatable bonds is 1. The lowest BCUT2D eigenvalue weighted by Gasteiger charge is -2.08. The van der Waals surface area contributed by atoms with Crippen molar-refractivity contribution in [2.45, 2.75) is 27.2 Å². The molecule has 104 valence electrons. The molecule has 0 aliphatic heterocycles. The molecule has 0 bridgehead atoms. The molecule has 0 atom stereocenters. The molecule has 2 aromatic heterocycles. The molecule has 0 fully saturated rings. The summed E-state index contributed by atoms with van der Waals surface area (Å²) in [4.78, 5) is 7.99. The van der Waals surface area contributed by atoms with Gasteiger partial charge >= 0.3 is 0 Å². The number of aromatic amines is 1. The molecule has 0 aliphatic carbocycles. The van der Waals surface area contributed by atoms with Crippen molar-refractivity contribution in [1.29, 1.82) is 0 Å². The maximum Gasteiger partial charge on any atom is 0.0503 e. The molecule has 2 aromatic carbocycles. The first-order valence-electron chi connectivity index (χ1n) is 7.48. The zero-order chi connectivity index (χ0) is 14.6. The van der Waals surface area contributed by atoms with Gasteiger partial charge < -0.3 is 4.98 Å². The minimum atomic E-state index is 1.04. The summed E-state index contributed by atoms with van der Waals surface area (Å²) in [5.74, 6) is 0. The highest BCUT2D eigenvalue weighted by atomic mass is 14.7. The molecule has 2 heteroatoms. The molecular weight excluding hydrogens is 256 g/mol. The van der Waals surface area contributed by atoms with E-state index in [9.17, 15) is 0 Å². The molecule has 0 saturated carbocycles. The second-order valence-electron chi connectivity index (χ2n) is 5.74. The summed E-state index contributed by atoms with van der Waals surface area (Å²) in [6.07, 6.45) is 4.91. The fraction of sp³-hybridized carbons (Fsp3) is 0.211. The molecule has 21 heavy (non-hydrogen) atoms. The predicted octanol–water partition coefficient (Wildman–Crippen LogP) is 5.05. The van der Waals surface area contributed by atoms with Gasteiger partial charge in [0.25, 0.3) is 0 Å². The second kappa shape index (κ2) is 4.32. The highest BCUT2D eigenvalue weighted by molar-refractivity contribution is 6.16. The minimum Gasteiger partial charge on any atom is -0.354 e. The molecular formula is C19H18N2. The number of para-hydroxylation sites is 1. The molecule has 0 unspecified atom stereocenters. The normalized spacial score (nSPS) is 11.8. The van der Waals surface area contributed by atoms with Gasteiger partial charge in [0.15, 0.2) is 0 Å². The third kappa shape index (κ3) is 1.56. The number of fused-ring (bicyclic) bond motifs is 4. The van der Waals surface area contributed by atoms with Crippen LogP contribution in [0.3, 0.4) is 0 Å². The van der Waals surface area contributed by atoms with Crippen molar-refractivity contribution in [2.24, 2.45) is 0 Å². The van der Waals surface area contributed by atoms with Crippen molar-refractivity contribution in [2.75, 3.05) is 0 Å². The Balaban J connectivity index is 2.33. The SMILES string of the molecule is CCc1cccc2c1[nH]c1c(C)c3ccncc3c(C)c12. The highest BCUT2D eigenvalue weighted by Crippen LogP contribution is 2.37. The summed E-state index contributed by atoms with van der Waals surface area (Å²) >= 11 is 0. The first-order chi connectivity index (χ1) is 10.2. The lowest BCUT2D eigenvalue weighted by molar-refractivity contribution is 1.15. The molecule has 2 nitrogen and oxygen atoms in total. The first kappa shape index (κ1) is 12.4. The Bertz CT molecular complexity index is 993. The molecule has 0 saturated heterocycles. The standard InChI is InChI=1S/C19H18N2/c1-4-13-6-5-7-15-17-11(2)16-10-20-9-8-14(16)12(3)18(17)21-19(13)15/h5-10,21H,4H2,1-3H3. The third-order valence-corrected chi connectivity index (χ3v) is 4.68. The Morgan fingerprint density at radius 2 is 1.81 bits per heavy atom. The van der Waals surface area contributed by atoms with Crippen molar-refractivity contribution in [3.63, 3.8) is 0 Å². The monoisotopic (exact) mass is 274 g/mol. The predicted molar refractivity (Wildman–Crippen MR) is 90.0 cm³/mol. The van der Waals surface area contributed by atoms with Gasteiger partial charge in [-0.05, 0) is 48.4 Å². The van der Waals surface area contributed by atoms with Crippen LogP contribution in [0.25, 0.3) is 32.6 Å². The molecule has 2 heterocycles. The molecule has 0 radical (unpaired) electrons. The van der Waals surface area contributed by atoms with Gasteiger partial charge in [-0.1, -0.05) is 25.1 Å². The number of hydrogen-bond donors (Lipinski definition) is 1. The topological polar surface area (TPSA) is 28.7 Å². The van der Waals surface area contributed by atoms with Crippen molar-refractivity contribution in [1.82, 2.24) is 9.97 Å². The van der Waals surface area contributed by atoms with E-state index in [4.69, 9.17) is 0 Å². The Morgan fingerprint density at radius 1 is 0.952 bits per heavy atom. The fourth-order valence-electron chi connectivity index (χ4n) is 3.53. The van der Waals surface area contributed by atoms with Crippen LogP contribution in [-0.2, 0) is 6.42 Å². The van der Waals surface area contributed by atoms with Crippen molar-refractivity contribution < 1.29 is 0 Å². The Morgan fingerprint density at radius 3 is 2.62 bits per heavy atom. The van der Waals surface area contributed by atoms with Gasteiger partial charge in [-0.2, -0.15) is 0 Å². The van der Waals surface area contributed by atoms with E-state index in [1.165, 1.54) is 49.3 Å². The van der Waals surface area contributed by atoms with Gasteiger partial charge in [-0.3, -0.25) is 4.98 Å². The van der Waals surface area contributed by atoms with Gasteiger partial charge in [0, 0.05) is 34.1 Å². The van der Waals surface area contributed by atoms with Crippen molar-refractivity contribution >= 4 is 32.6 Å². The molecule has 0 aliphatic rings. The summed E-state index contributed by atoms with van der Waals surface area (Å²) in [6.45, 7) is 6.61. The lowest BCUT2D eigenvalue weighted by Crippen LogP contribution is -1.87. The van der Waals surface area contributed by atoms with E-state index in [-0.39, 0.29) is 0 Å². The molecule has 1 N–H and O–H groups in total. The van der Waals surface area contributed by atoms with E-state index in [1.54, 1.807) is 0 Å². The van der Waals surface area contributed by atoms with Crippen LogP contribution in [0.4, 0.5) is 0 Å². The van der Waals surface area contributed by atoms with E-state index in [1.807, 2.05) is 12.4 Å². The molecule has 4 aromatic rings. The first-order valence-corrected chi connectivity index (χ1v) is 7.48. The molecule has 0 amide bonds. The lowest BCUT2D eigenvalue weighted by atomic mass is 9.96. The van der Waals surface area contributed by atoms with Crippen LogP contribution in [-0.4, -0.2) is 9.97 Å². The van der Waals surface area contributed by atoms with Gasteiger partial charge in [0.2, 0.25) is 0 Å². The summed E-state index contributed by atoms with van der Waals surface area (Å²) in [5.41, 5.74) is 6.56. The number of nitrogens with one attached hydrogen (secondary N) is 1. The zero-order valence-electron chi connectivity index (χ0n) is 12.6. The number of aryl methyl sites for hydroxylation is 3. The summed E-state index contributed by atoms with van der Waals surface area (Å²) in [6, 6.07) is 8.71. The number of nitrogens with zero attached hydrogens (tertiary/aromatic N) is 1. The Kier molecular flexibility index (Phi) is 2.55. The van der Waals surface area contributed by atoms with E-state index >= 15 is 0 Å². The van der Waals surface area contributed by atoms with Crippen LogP contribution in [0.1, 0.15) is 23.6 Å². The number of pyridine rings is 1. The zero-order valence-corrected chi connectivity index (χ0v) is 12.6. The van der Waals surface area contributed by atoms with E-state index in [2.05, 4.69) is 55.0 Å². The number of hydrogen-bond acceptors (Lipinski definition) is 1. The summed E-state index contributed by atoms with van der Waals surface area (Å²) < 4.78 is 0. The Hall–Kier alpha value is -2.35. The van der Waals surface area contributed by atoms with Crippen LogP contribution in [0.15, 0.2) is 36.7 Å². The fourth-order valence-corrected chi connectivity index (χ4v) is 3.53. The summed E-state index contributed by atoms with van der Waals surface area (Å²) in [5, 5.41) is 5.22. The highest BCUT2D eigenvalue weighted by Gasteiger charge is 2.14. The average molecular weight is 274 g/mol. The second-order valence-corrected chi connectivity index (χ2v) is 5.74. The van der Waals surface area contributed by atoms with Crippen LogP contribution in [0.5, 0.6) is 0 Å². The minimum absolute atomic E-state index is 1.04. The van der Waals surface area contributed by atoms with Gasteiger partial charge in [0.1, 0.15) is 0 Å². The smallest absolute Gasteiger partial charge is 0.0503 e. The largest absolute Gasteiger partial charge is 0.354 e. The van der Waals surface area contributed by atoms with E-state index in [0.717, 1.165) is 6.42 Å². The van der Waals surface area contributed by atoms with Crippen LogP contribution < -0.4 is 0 Å².